The lowest BCUT2D eigenvalue weighted by Gasteiger charge is -2.09. The Kier molecular flexibility index (Phi) is 4.23. The van der Waals surface area contributed by atoms with Gasteiger partial charge in [-0.15, -0.1) is 0 Å². The van der Waals surface area contributed by atoms with Crippen molar-refractivity contribution in [2.45, 2.75) is 6.18 Å². The maximum atomic E-state index is 12.5. The van der Waals surface area contributed by atoms with E-state index in [1.54, 1.807) is 0 Å². The van der Waals surface area contributed by atoms with Gasteiger partial charge in [-0.3, -0.25) is 9.59 Å². The minimum absolute atomic E-state index is 0.00211. The molecule has 7 heteroatoms. The standard InChI is InChI=1S/C15H9ClF3NO2/c16-12-10(2-1-3-11(12)14(20)22)13(21)8-4-6-9(7-5-8)15(17,18)19/h1-7H,(H2,20,22). The monoisotopic (exact) mass is 327 g/mol. The smallest absolute Gasteiger partial charge is 0.366 e. The van der Waals surface area contributed by atoms with Crippen molar-refractivity contribution in [3.63, 3.8) is 0 Å². The fourth-order valence-corrected chi connectivity index (χ4v) is 2.17. The van der Waals surface area contributed by atoms with Gasteiger partial charge in [0.05, 0.1) is 16.1 Å². The second kappa shape index (κ2) is 5.81. The molecule has 0 aliphatic carbocycles. The minimum Gasteiger partial charge on any atom is -0.366 e. The van der Waals surface area contributed by atoms with Crippen LogP contribution in [0.5, 0.6) is 0 Å². The van der Waals surface area contributed by atoms with Crippen molar-refractivity contribution >= 4 is 23.3 Å². The van der Waals surface area contributed by atoms with E-state index in [0.717, 1.165) is 24.3 Å². The third-order valence-corrected chi connectivity index (χ3v) is 3.39. The highest BCUT2D eigenvalue weighted by Gasteiger charge is 2.30. The van der Waals surface area contributed by atoms with Crippen LogP contribution in [0.3, 0.4) is 0 Å². The van der Waals surface area contributed by atoms with Crippen LogP contribution >= 0.6 is 11.6 Å². The molecule has 0 heterocycles. The molecule has 2 rings (SSSR count). The van der Waals surface area contributed by atoms with Crippen molar-refractivity contribution < 1.29 is 22.8 Å². The van der Waals surface area contributed by atoms with Gasteiger partial charge in [0.15, 0.2) is 5.78 Å². The molecule has 0 atom stereocenters. The molecule has 0 aliphatic rings. The Labute approximate surface area is 128 Å². The molecule has 0 aromatic heterocycles. The van der Waals surface area contributed by atoms with Crippen LogP contribution < -0.4 is 5.73 Å². The number of primary amides is 1. The van der Waals surface area contributed by atoms with E-state index in [4.69, 9.17) is 17.3 Å². The first-order chi connectivity index (χ1) is 10.2. The second-order valence-corrected chi connectivity index (χ2v) is 4.81. The summed E-state index contributed by atoms with van der Waals surface area (Å²) in [5, 5.41) is -0.125. The Hall–Kier alpha value is -2.34. The maximum absolute atomic E-state index is 12.5. The molecule has 0 unspecified atom stereocenters. The Morgan fingerprint density at radius 3 is 2.00 bits per heavy atom. The van der Waals surface area contributed by atoms with Crippen molar-refractivity contribution in [3.8, 4) is 0 Å². The number of hydrogen-bond acceptors (Lipinski definition) is 2. The fourth-order valence-electron chi connectivity index (χ4n) is 1.86. The molecule has 2 aromatic rings. The summed E-state index contributed by atoms with van der Waals surface area (Å²) < 4.78 is 37.5. The van der Waals surface area contributed by atoms with Crippen LogP contribution in [0.4, 0.5) is 13.2 Å². The lowest BCUT2D eigenvalue weighted by Crippen LogP contribution is -2.14. The summed E-state index contributed by atoms with van der Waals surface area (Å²) in [7, 11) is 0. The van der Waals surface area contributed by atoms with Crippen molar-refractivity contribution in [2.24, 2.45) is 5.73 Å². The van der Waals surface area contributed by atoms with E-state index in [2.05, 4.69) is 0 Å². The number of carbonyl (C=O) groups is 2. The number of alkyl halides is 3. The molecule has 0 saturated carbocycles. The van der Waals surface area contributed by atoms with Crippen LogP contribution in [-0.2, 0) is 6.18 Å². The molecule has 2 aromatic carbocycles. The van der Waals surface area contributed by atoms with Crippen LogP contribution in [0.1, 0.15) is 31.8 Å². The zero-order valence-electron chi connectivity index (χ0n) is 10.9. The molecule has 2 N–H and O–H groups in total. The van der Waals surface area contributed by atoms with Gasteiger partial charge in [-0.05, 0) is 24.3 Å². The summed E-state index contributed by atoms with van der Waals surface area (Å²) in [6, 6.07) is 7.86. The van der Waals surface area contributed by atoms with E-state index in [-0.39, 0.29) is 21.7 Å². The number of carbonyl (C=O) groups excluding carboxylic acids is 2. The maximum Gasteiger partial charge on any atom is 0.416 e. The largest absolute Gasteiger partial charge is 0.416 e. The number of nitrogens with two attached hydrogens (primary N) is 1. The lowest BCUT2D eigenvalue weighted by molar-refractivity contribution is -0.137. The normalized spacial score (nSPS) is 11.3. The number of hydrogen-bond donors (Lipinski definition) is 1. The molecular weight excluding hydrogens is 319 g/mol. The van der Waals surface area contributed by atoms with Gasteiger partial charge < -0.3 is 5.73 Å². The Morgan fingerprint density at radius 1 is 0.955 bits per heavy atom. The van der Waals surface area contributed by atoms with E-state index < -0.39 is 23.4 Å². The quantitative estimate of drug-likeness (QED) is 0.874. The number of benzene rings is 2. The molecule has 1 amide bonds. The molecule has 114 valence electrons. The molecule has 0 saturated heterocycles. The summed E-state index contributed by atoms with van der Waals surface area (Å²) in [4.78, 5) is 23.5. The average molecular weight is 328 g/mol. The molecule has 0 fully saturated rings. The summed E-state index contributed by atoms with van der Waals surface area (Å²) in [5.41, 5.74) is 4.26. The second-order valence-electron chi connectivity index (χ2n) is 4.44. The SMILES string of the molecule is NC(=O)c1cccc(C(=O)c2ccc(C(F)(F)F)cc2)c1Cl. The first kappa shape index (κ1) is 16.0. The predicted molar refractivity (Wildman–Crippen MR) is 74.8 cm³/mol. The van der Waals surface area contributed by atoms with Crippen LogP contribution in [-0.4, -0.2) is 11.7 Å². The highest BCUT2D eigenvalue weighted by Crippen LogP contribution is 2.30. The summed E-state index contributed by atoms with van der Waals surface area (Å²) in [6.07, 6.45) is -4.48. The van der Waals surface area contributed by atoms with E-state index in [0.29, 0.717) is 0 Å². The summed E-state index contributed by atoms with van der Waals surface area (Å²) >= 11 is 5.95. The molecule has 0 radical (unpaired) electrons. The summed E-state index contributed by atoms with van der Waals surface area (Å²) in [5.74, 6) is -1.39. The van der Waals surface area contributed by atoms with E-state index >= 15 is 0 Å². The Morgan fingerprint density at radius 2 is 1.50 bits per heavy atom. The van der Waals surface area contributed by atoms with Gasteiger partial charge in [0.25, 0.3) is 0 Å². The molecule has 22 heavy (non-hydrogen) atoms. The fraction of sp³-hybridized carbons (Fsp3) is 0.0667. The number of halogens is 4. The van der Waals surface area contributed by atoms with Crippen molar-refractivity contribution in [1.29, 1.82) is 0 Å². The van der Waals surface area contributed by atoms with E-state index in [1.807, 2.05) is 0 Å². The zero-order chi connectivity index (χ0) is 16.5. The molecular formula is C15H9ClF3NO2. The van der Waals surface area contributed by atoms with Crippen molar-refractivity contribution in [1.82, 2.24) is 0 Å². The van der Waals surface area contributed by atoms with Crippen molar-refractivity contribution in [3.05, 3.63) is 69.7 Å². The highest BCUT2D eigenvalue weighted by atomic mass is 35.5. The first-order valence-electron chi connectivity index (χ1n) is 6.02. The minimum atomic E-state index is -4.48. The third kappa shape index (κ3) is 3.12. The molecule has 0 aliphatic heterocycles. The van der Waals surface area contributed by atoms with Crippen molar-refractivity contribution in [2.75, 3.05) is 0 Å². The predicted octanol–water partition coefficient (Wildman–Crippen LogP) is 3.69. The highest BCUT2D eigenvalue weighted by molar-refractivity contribution is 6.37. The van der Waals surface area contributed by atoms with E-state index in [1.165, 1.54) is 18.2 Å². The Bertz CT molecular complexity index is 739. The van der Waals surface area contributed by atoms with Gasteiger partial charge in [0.2, 0.25) is 5.91 Å². The van der Waals surface area contributed by atoms with Gasteiger partial charge in [-0.25, -0.2) is 0 Å². The number of amides is 1. The average Bonchev–Trinajstić information content (AvgIpc) is 2.45. The number of rotatable bonds is 3. The van der Waals surface area contributed by atoms with Crippen LogP contribution in [0.15, 0.2) is 42.5 Å². The van der Waals surface area contributed by atoms with E-state index in [9.17, 15) is 22.8 Å². The van der Waals surface area contributed by atoms with Gasteiger partial charge in [0.1, 0.15) is 0 Å². The summed E-state index contributed by atoms with van der Waals surface area (Å²) in [6.45, 7) is 0. The zero-order valence-corrected chi connectivity index (χ0v) is 11.7. The lowest BCUT2D eigenvalue weighted by atomic mass is 10.00. The van der Waals surface area contributed by atoms with Crippen LogP contribution in [0.25, 0.3) is 0 Å². The first-order valence-corrected chi connectivity index (χ1v) is 6.40. The van der Waals surface area contributed by atoms with Gasteiger partial charge in [-0.2, -0.15) is 13.2 Å². The Balaban J connectivity index is 2.41. The van der Waals surface area contributed by atoms with Gasteiger partial charge in [-0.1, -0.05) is 29.8 Å². The van der Waals surface area contributed by atoms with Gasteiger partial charge in [0, 0.05) is 11.1 Å². The molecule has 3 nitrogen and oxygen atoms in total. The molecule has 0 spiro atoms. The topological polar surface area (TPSA) is 60.2 Å². The van der Waals surface area contributed by atoms with Crippen LogP contribution in [0, 0.1) is 0 Å². The van der Waals surface area contributed by atoms with Gasteiger partial charge >= 0.3 is 6.18 Å². The third-order valence-electron chi connectivity index (χ3n) is 2.98. The van der Waals surface area contributed by atoms with Crippen LogP contribution in [0.2, 0.25) is 5.02 Å². The molecule has 0 bridgehead atoms. The number of ketones is 1.